The summed E-state index contributed by atoms with van der Waals surface area (Å²) in [7, 11) is -0.220. The summed E-state index contributed by atoms with van der Waals surface area (Å²) in [5.74, 6) is 1.18. The van der Waals surface area contributed by atoms with Crippen molar-refractivity contribution >= 4 is 50.7 Å². The van der Waals surface area contributed by atoms with E-state index in [1.165, 1.54) is 22.5 Å². The van der Waals surface area contributed by atoms with E-state index < -0.39 is 0 Å². The number of hydrogen-bond donors (Lipinski definition) is 0. The van der Waals surface area contributed by atoms with Gasteiger partial charge in [0.05, 0.1) is 0 Å². The zero-order valence-electron chi connectivity index (χ0n) is 8.24. The van der Waals surface area contributed by atoms with Gasteiger partial charge < -0.3 is 0 Å². The molecule has 0 N–H and O–H groups in total. The maximum Gasteiger partial charge on any atom is 0.0232 e. The van der Waals surface area contributed by atoms with Crippen molar-refractivity contribution in [2.24, 2.45) is 0 Å². The van der Waals surface area contributed by atoms with Crippen molar-refractivity contribution in [3.05, 3.63) is 34.3 Å². The molecular formula is C10H14Cl2SSi. The molecule has 1 aliphatic carbocycles. The van der Waals surface area contributed by atoms with E-state index in [-0.39, 0.29) is 33.2 Å². The molecule has 78 valence electrons. The van der Waals surface area contributed by atoms with Gasteiger partial charge in [-0.3, -0.25) is 0 Å². The van der Waals surface area contributed by atoms with Gasteiger partial charge >= 0.3 is 0 Å². The van der Waals surface area contributed by atoms with Crippen LogP contribution in [0, 0.1) is 0 Å². The predicted molar refractivity (Wildman–Crippen MR) is 74.7 cm³/mol. The molecule has 14 heavy (non-hydrogen) atoms. The monoisotopic (exact) mass is 264 g/mol. The van der Waals surface area contributed by atoms with E-state index in [1.807, 2.05) is 11.8 Å². The molecule has 0 atom stereocenters. The summed E-state index contributed by atoms with van der Waals surface area (Å²) >= 11 is 1.91. The number of fused-ring (bicyclic) bond motifs is 1. The summed E-state index contributed by atoms with van der Waals surface area (Å²) in [6.07, 6.45) is 4.65. The minimum Gasteiger partial charge on any atom is -0.147 e. The van der Waals surface area contributed by atoms with Gasteiger partial charge in [0.15, 0.2) is 0 Å². The van der Waals surface area contributed by atoms with Gasteiger partial charge in [0.25, 0.3) is 0 Å². The molecule has 4 heteroatoms. The molecule has 0 fully saturated rings. The second-order valence-corrected chi connectivity index (χ2v) is 6.72. The van der Waals surface area contributed by atoms with Crippen LogP contribution in [0.2, 0.25) is 13.1 Å². The molecule has 0 amide bonds. The average Bonchev–Trinajstić information content (AvgIpc) is 2.43. The molecule has 0 nitrogen and oxygen atoms in total. The smallest absolute Gasteiger partial charge is 0.0232 e. The maximum absolute atomic E-state index is 2.42. The number of halogens is 2. The van der Waals surface area contributed by atoms with E-state index in [2.05, 4.69) is 36.3 Å². The van der Waals surface area contributed by atoms with E-state index in [0.29, 0.717) is 0 Å². The van der Waals surface area contributed by atoms with Crippen LogP contribution in [0.15, 0.2) is 34.3 Å². The second kappa shape index (κ2) is 5.96. The number of allylic oxidation sites excluding steroid dienone is 4. The van der Waals surface area contributed by atoms with Gasteiger partial charge in [-0.05, 0) is 28.2 Å². The Morgan fingerprint density at radius 3 is 2.57 bits per heavy atom. The summed E-state index contributed by atoms with van der Waals surface area (Å²) in [5, 5.41) is 2.27. The van der Waals surface area contributed by atoms with Crippen molar-refractivity contribution in [1.82, 2.24) is 0 Å². The summed E-state index contributed by atoms with van der Waals surface area (Å²) in [6, 6.07) is 0. The van der Waals surface area contributed by atoms with E-state index in [0.717, 1.165) is 0 Å². The molecule has 0 bridgehead atoms. The molecule has 0 aromatic rings. The van der Waals surface area contributed by atoms with Gasteiger partial charge in [0, 0.05) is 14.2 Å². The fraction of sp³-hybridized carbons (Fsp3) is 0.300. The molecule has 0 aromatic carbocycles. The Labute approximate surface area is 104 Å². The first-order valence-corrected chi connectivity index (χ1v) is 7.77. The molecule has 0 unspecified atom stereocenters. The second-order valence-electron chi connectivity index (χ2n) is 3.42. The maximum atomic E-state index is 2.42. The van der Waals surface area contributed by atoms with Crippen LogP contribution in [0.3, 0.4) is 0 Å². The van der Waals surface area contributed by atoms with Crippen molar-refractivity contribution in [2.75, 3.05) is 5.75 Å². The summed E-state index contributed by atoms with van der Waals surface area (Å²) in [4.78, 5) is 0. The van der Waals surface area contributed by atoms with E-state index >= 15 is 0 Å². The first-order chi connectivity index (χ1) is 5.75. The SMILES string of the molecule is C[Si](C)=CC1=CC2=CSCC2=C1.Cl.Cl. The third-order valence-electron chi connectivity index (χ3n) is 1.94. The lowest BCUT2D eigenvalue weighted by Crippen LogP contribution is -1.92. The zero-order valence-corrected chi connectivity index (χ0v) is 11.7. The van der Waals surface area contributed by atoms with E-state index in [4.69, 9.17) is 0 Å². The predicted octanol–water partition coefficient (Wildman–Crippen LogP) is 3.47. The van der Waals surface area contributed by atoms with Gasteiger partial charge in [-0.2, -0.15) is 0 Å². The molecule has 1 heterocycles. The molecular weight excluding hydrogens is 251 g/mol. The normalized spacial score (nSPS) is 16.9. The summed E-state index contributed by atoms with van der Waals surface area (Å²) in [6.45, 7) is 4.64. The van der Waals surface area contributed by atoms with Crippen LogP contribution in [-0.4, -0.2) is 19.8 Å². The Balaban J connectivity index is 0.000000845. The van der Waals surface area contributed by atoms with Crippen molar-refractivity contribution in [3.8, 4) is 0 Å². The summed E-state index contributed by atoms with van der Waals surface area (Å²) < 4.78 is 0. The quantitative estimate of drug-likeness (QED) is 0.654. The molecule has 0 saturated heterocycles. The lowest BCUT2D eigenvalue weighted by molar-refractivity contribution is 1.54. The molecule has 2 aliphatic rings. The Morgan fingerprint density at radius 2 is 2.00 bits per heavy atom. The first-order valence-electron chi connectivity index (χ1n) is 4.15. The van der Waals surface area contributed by atoms with Gasteiger partial charge in [-0.1, -0.05) is 24.8 Å². The van der Waals surface area contributed by atoms with Gasteiger partial charge in [0.1, 0.15) is 0 Å². The highest BCUT2D eigenvalue weighted by Crippen LogP contribution is 2.33. The van der Waals surface area contributed by atoms with Crippen LogP contribution in [0.25, 0.3) is 0 Å². The molecule has 2 rings (SSSR count). The highest BCUT2D eigenvalue weighted by Gasteiger charge is 2.14. The van der Waals surface area contributed by atoms with Crippen LogP contribution in [0.4, 0.5) is 0 Å². The number of thioether (sulfide) groups is 1. The topological polar surface area (TPSA) is 0 Å². The van der Waals surface area contributed by atoms with Crippen molar-refractivity contribution in [1.29, 1.82) is 0 Å². The lowest BCUT2D eigenvalue weighted by Gasteiger charge is -1.89. The Kier molecular flexibility index (Phi) is 6.06. The van der Waals surface area contributed by atoms with Crippen LogP contribution in [0.5, 0.6) is 0 Å². The largest absolute Gasteiger partial charge is 0.147 e. The molecule has 1 aliphatic heterocycles. The minimum atomic E-state index is -0.220. The number of rotatable bonds is 1. The van der Waals surface area contributed by atoms with Crippen LogP contribution in [-0.2, 0) is 0 Å². The molecule has 0 spiro atoms. The van der Waals surface area contributed by atoms with Gasteiger partial charge in [-0.15, -0.1) is 36.6 Å². The minimum absolute atomic E-state index is 0. The molecule has 0 saturated carbocycles. The highest BCUT2D eigenvalue weighted by atomic mass is 35.5. The standard InChI is InChI=1S/C10H12SSi.2ClH/c1-12(2)7-8-3-9-5-11-6-10(9)4-8;;/h3-5,7H,6H2,1-2H3;2*1H. The third kappa shape index (κ3) is 3.12. The fourth-order valence-corrected chi connectivity index (χ4v) is 3.22. The Bertz CT molecular complexity index is 336. The van der Waals surface area contributed by atoms with Gasteiger partial charge in [-0.25, -0.2) is 0 Å². The van der Waals surface area contributed by atoms with E-state index in [1.54, 1.807) is 0 Å². The molecule has 0 aromatic heterocycles. The lowest BCUT2D eigenvalue weighted by atomic mass is 10.2. The first kappa shape index (κ1) is 14.2. The molecule has 0 radical (unpaired) electrons. The van der Waals surface area contributed by atoms with Crippen molar-refractivity contribution < 1.29 is 0 Å². The number of hydrogen-bond acceptors (Lipinski definition) is 1. The fourth-order valence-electron chi connectivity index (χ4n) is 1.47. The zero-order chi connectivity index (χ0) is 8.55. The van der Waals surface area contributed by atoms with E-state index in [9.17, 15) is 0 Å². The Morgan fingerprint density at radius 1 is 1.29 bits per heavy atom. The van der Waals surface area contributed by atoms with Crippen LogP contribution < -0.4 is 0 Å². The third-order valence-corrected chi connectivity index (χ3v) is 3.75. The van der Waals surface area contributed by atoms with Crippen molar-refractivity contribution in [3.63, 3.8) is 0 Å². The van der Waals surface area contributed by atoms with Crippen molar-refractivity contribution in [2.45, 2.75) is 13.1 Å². The van der Waals surface area contributed by atoms with Crippen LogP contribution >= 0.6 is 36.6 Å². The average molecular weight is 265 g/mol. The van der Waals surface area contributed by atoms with Gasteiger partial charge in [0.2, 0.25) is 0 Å². The summed E-state index contributed by atoms with van der Waals surface area (Å²) in [5.41, 5.74) is 6.83. The van der Waals surface area contributed by atoms with Crippen LogP contribution in [0.1, 0.15) is 0 Å². The Hall–Kier alpha value is 0.237. The highest BCUT2D eigenvalue weighted by molar-refractivity contribution is 8.02.